The van der Waals surface area contributed by atoms with Crippen LogP contribution in [-0.4, -0.2) is 55.5 Å². The summed E-state index contributed by atoms with van der Waals surface area (Å²) in [4.78, 5) is 25.1. The van der Waals surface area contributed by atoms with E-state index in [1.807, 2.05) is 0 Å². The molecule has 2 aromatic rings. The number of rotatable bonds is 4. The third kappa shape index (κ3) is 3.81. The summed E-state index contributed by atoms with van der Waals surface area (Å²) in [5.41, 5.74) is 0.0302. The Labute approximate surface area is 161 Å². The summed E-state index contributed by atoms with van der Waals surface area (Å²) in [7, 11) is -3.78. The zero-order valence-electron chi connectivity index (χ0n) is 15.1. The fraction of sp³-hybridized carbons (Fsp3) is 0.263. The Bertz CT molecular complexity index is 1010. The highest BCUT2D eigenvalue weighted by molar-refractivity contribution is 7.89. The second-order valence-electron chi connectivity index (χ2n) is 6.38. The Morgan fingerprint density at radius 2 is 1.54 bits per heavy atom. The van der Waals surface area contributed by atoms with Crippen molar-refractivity contribution in [1.29, 1.82) is 0 Å². The van der Waals surface area contributed by atoms with Crippen LogP contribution >= 0.6 is 0 Å². The SMILES string of the molecule is CC(=O)c1ccc(S(=O)(=O)N2CCN(C(=O)c3cccc(F)c3F)CC2)cc1. The van der Waals surface area contributed by atoms with Gasteiger partial charge in [-0.3, -0.25) is 9.59 Å². The predicted octanol–water partition coefficient (Wildman–Crippen LogP) is 2.31. The van der Waals surface area contributed by atoms with Crippen molar-refractivity contribution in [2.45, 2.75) is 11.8 Å². The minimum atomic E-state index is -3.78. The number of nitrogens with zero attached hydrogens (tertiary/aromatic N) is 2. The summed E-state index contributed by atoms with van der Waals surface area (Å²) in [6.07, 6.45) is 0. The molecule has 0 spiro atoms. The number of benzene rings is 2. The third-order valence-electron chi connectivity index (χ3n) is 4.61. The first-order valence-electron chi connectivity index (χ1n) is 8.56. The Hall–Kier alpha value is -2.65. The first-order chi connectivity index (χ1) is 13.2. The highest BCUT2D eigenvalue weighted by Gasteiger charge is 2.31. The summed E-state index contributed by atoms with van der Waals surface area (Å²) < 4.78 is 53.9. The number of carbonyl (C=O) groups excluding carboxylic acids is 2. The first kappa shape index (κ1) is 20.1. The number of piperazine rings is 1. The molecule has 0 saturated carbocycles. The molecular formula is C19H18F2N2O4S. The van der Waals surface area contributed by atoms with Crippen LogP contribution in [-0.2, 0) is 10.0 Å². The molecule has 9 heteroatoms. The van der Waals surface area contributed by atoms with E-state index in [9.17, 15) is 26.8 Å². The van der Waals surface area contributed by atoms with Gasteiger partial charge in [-0.15, -0.1) is 0 Å². The van der Waals surface area contributed by atoms with Crippen LogP contribution < -0.4 is 0 Å². The maximum absolute atomic E-state index is 13.8. The van der Waals surface area contributed by atoms with Crippen LogP contribution in [0.2, 0.25) is 0 Å². The fourth-order valence-corrected chi connectivity index (χ4v) is 4.40. The van der Waals surface area contributed by atoms with Crippen molar-refractivity contribution in [1.82, 2.24) is 9.21 Å². The molecule has 1 saturated heterocycles. The highest BCUT2D eigenvalue weighted by Crippen LogP contribution is 2.20. The molecule has 1 fully saturated rings. The molecule has 148 valence electrons. The molecule has 0 aromatic heterocycles. The van der Waals surface area contributed by atoms with Gasteiger partial charge in [0.25, 0.3) is 5.91 Å². The van der Waals surface area contributed by atoms with E-state index >= 15 is 0 Å². The van der Waals surface area contributed by atoms with Gasteiger partial charge in [0.2, 0.25) is 10.0 Å². The largest absolute Gasteiger partial charge is 0.336 e. The van der Waals surface area contributed by atoms with Crippen molar-refractivity contribution >= 4 is 21.7 Å². The predicted molar refractivity (Wildman–Crippen MR) is 97.5 cm³/mol. The van der Waals surface area contributed by atoms with Gasteiger partial charge in [-0.2, -0.15) is 4.31 Å². The van der Waals surface area contributed by atoms with Crippen LogP contribution in [0.5, 0.6) is 0 Å². The first-order valence-corrected chi connectivity index (χ1v) is 10.0. The highest BCUT2D eigenvalue weighted by atomic mass is 32.2. The van der Waals surface area contributed by atoms with Gasteiger partial charge in [-0.25, -0.2) is 17.2 Å². The summed E-state index contributed by atoms with van der Waals surface area (Å²) in [5.74, 6) is -3.17. The minimum Gasteiger partial charge on any atom is -0.336 e. The number of amides is 1. The van der Waals surface area contributed by atoms with Crippen molar-refractivity contribution in [2.24, 2.45) is 0 Å². The normalized spacial score (nSPS) is 15.5. The Balaban J connectivity index is 1.71. The molecule has 0 atom stereocenters. The molecule has 0 unspecified atom stereocenters. The molecule has 0 aliphatic carbocycles. The van der Waals surface area contributed by atoms with Crippen molar-refractivity contribution in [3.63, 3.8) is 0 Å². The molecule has 1 amide bonds. The molecule has 1 aliphatic heterocycles. The van der Waals surface area contributed by atoms with Gasteiger partial charge >= 0.3 is 0 Å². The van der Waals surface area contributed by atoms with E-state index in [0.29, 0.717) is 5.56 Å². The molecular weight excluding hydrogens is 390 g/mol. The lowest BCUT2D eigenvalue weighted by Crippen LogP contribution is -2.50. The Morgan fingerprint density at radius 1 is 0.929 bits per heavy atom. The van der Waals surface area contributed by atoms with Gasteiger partial charge in [0.1, 0.15) is 0 Å². The molecule has 1 aliphatic rings. The zero-order valence-corrected chi connectivity index (χ0v) is 15.9. The van der Waals surface area contributed by atoms with Gasteiger partial charge < -0.3 is 4.90 Å². The van der Waals surface area contributed by atoms with Crippen molar-refractivity contribution < 1.29 is 26.8 Å². The van der Waals surface area contributed by atoms with Gasteiger partial charge in [-0.05, 0) is 31.2 Å². The number of hydrogen-bond acceptors (Lipinski definition) is 4. The lowest BCUT2D eigenvalue weighted by atomic mass is 10.1. The Morgan fingerprint density at radius 3 is 2.11 bits per heavy atom. The molecule has 2 aromatic carbocycles. The van der Waals surface area contributed by atoms with Gasteiger partial charge in [0.15, 0.2) is 17.4 Å². The molecule has 0 bridgehead atoms. The van der Waals surface area contributed by atoms with E-state index in [-0.39, 0.29) is 42.4 Å². The standard InChI is InChI=1S/C19H18F2N2O4S/c1-13(24)14-5-7-15(8-6-14)28(26,27)23-11-9-22(10-12-23)19(25)16-3-2-4-17(20)18(16)21/h2-8H,9-12H2,1H3. The summed E-state index contributed by atoms with van der Waals surface area (Å²) in [6.45, 7) is 1.55. The van der Waals surface area contributed by atoms with E-state index < -0.39 is 27.6 Å². The lowest BCUT2D eigenvalue weighted by molar-refractivity contribution is 0.0692. The molecule has 0 N–H and O–H groups in total. The van der Waals surface area contributed by atoms with Crippen molar-refractivity contribution in [2.75, 3.05) is 26.2 Å². The molecule has 6 nitrogen and oxygen atoms in total. The molecule has 28 heavy (non-hydrogen) atoms. The number of carbonyl (C=O) groups is 2. The van der Waals surface area contributed by atoms with Crippen LogP contribution in [0, 0.1) is 11.6 Å². The van der Waals surface area contributed by atoms with E-state index in [2.05, 4.69) is 0 Å². The van der Waals surface area contributed by atoms with E-state index in [1.165, 1.54) is 52.5 Å². The van der Waals surface area contributed by atoms with Crippen LogP contribution in [0.25, 0.3) is 0 Å². The van der Waals surface area contributed by atoms with Crippen molar-refractivity contribution in [3.05, 3.63) is 65.2 Å². The van der Waals surface area contributed by atoms with E-state index in [4.69, 9.17) is 0 Å². The minimum absolute atomic E-state index is 0.0272. The van der Waals surface area contributed by atoms with Crippen LogP contribution in [0.4, 0.5) is 8.78 Å². The fourth-order valence-electron chi connectivity index (χ4n) is 2.98. The van der Waals surface area contributed by atoms with Gasteiger partial charge in [-0.1, -0.05) is 18.2 Å². The monoisotopic (exact) mass is 408 g/mol. The lowest BCUT2D eigenvalue weighted by Gasteiger charge is -2.34. The maximum Gasteiger partial charge on any atom is 0.257 e. The average molecular weight is 408 g/mol. The number of Topliss-reactive ketones (excluding diaryl/α,β-unsaturated/α-hetero) is 1. The zero-order chi connectivity index (χ0) is 20.5. The molecule has 1 heterocycles. The van der Waals surface area contributed by atoms with Crippen molar-refractivity contribution in [3.8, 4) is 0 Å². The second kappa shape index (κ2) is 7.76. The number of ketones is 1. The second-order valence-corrected chi connectivity index (χ2v) is 8.32. The molecule has 0 radical (unpaired) electrons. The average Bonchev–Trinajstić information content (AvgIpc) is 2.69. The molecule has 3 rings (SSSR count). The summed E-state index contributed by atoms with van der Waals surface area (Å²) >= 11 is 0. The van der Waals surface area contributed by atoms with E-state index in [1.54, 1.807) is 0 Å². The topological polar surface area (TPSA) is 74.8 Å². The van der Waals surface area contributed by atoms with Crippen LogP contribution in [0.3, 0.4) is 0 Å². The summed E-state index contributed by atoms with van der Waals surface area (Å²) in [6, 6.07) is 8.99. The van der Waals surface area contributed by atoms with Gasteiger partial charge in [0, 0.05) is 31.7 Å². The smallest absolute Gasteiger partial charge is 0.257 e. The maximum atomic E-state index is 13.8. The summed E-state index contributed by atoms with van der Waals surface area (Å²) in [5, 5.41) is 0. The number of halogens is 2. The quantitative estimate of drug-likeness (QED) is 0.728. The third-order valence-corrected chi connectivity index (χ3v) is 6.52. The Kier molecular flexibility index (Phi) is 5.57. The van der Waals surface area contributed by atoms with Crippen LogP contribution in [0.15, 0.2) is 47.4 Å². The van der Waals surface area contributed by atoms with Crippen LogP contribution in [0.1, 0.15) is 27.6 Å². The van der Waals surface area contributed by atoms with E-state index in [0.717, 1.165) is 6.07 Å². The number of hydrogen-bond donors (Lipinski definition) is 0. The van der Waals surface area contributed by atoms with Gasteiger partial charge in [0.05, 0.1) is 10.5 Å². The number of sulfonamides is 1.